The summed E-state index contributed by atoms with van der Waals surface area (Å²) in [5, 5.41) is -0.652. The third-order valence-corrected chi connectivity index (χ3v) is 5.39. The molecule has 1 aromatic rings. The van der Waals surface area contributed by atoms with Crippen LogP contribution in [0.5, 0.6) is 0 Å². The van der Waals surface area contributed by atoms with Gasteiger partial charge in [-0.1, -0.05) is 12.1 Å². The molecule has 0 saturated heterocycles. The topological polar surface area (TPSA) is 80.5 Å². The Labute approximate surface area is 113 Å². The molecule has 104 valence electrons. The number of amides is 1. The maximum absolute atomic E-state index is 11.6. The molecule has 1 aliphatic rings. The van der Waals surface area contributed by atoms with Gasteiger partial charge in [0.05, 0.1) is 11.7 Å². The lowest BCUT2D eigenvalue weighted by Crippen LogP contribution is -2.30. The summed E-state index contributed by atoms with van der Waals surface area (Å²) >= 11 is 0. The Morgan fingerprint density at radius 3 is 2.58 bits per heavy atom. The van der Waals surface area contributed by atoms with E-state index >= 15 is 0 Å². The first-order valence-electron chi connectivity index (χ1n) is 6.05. The minimum absolute atomic E-state index is 0.0388. The van der Waals surface area contributed by atoms with Gasteiger partial charge in [0, 0.05) is 25.0 Å². The van der Waals surface area contributed by atoms with Gasteiger partial charge in [0.25, 0.3) is 0 Å². The quantitative estimate of drug-likeness (QED) is 0.882. The Kier molecular flexibility index (Phi) is 3.40. The number of fused-ring (bicyclic) bond motifs is 1. The summed E-state index contributed by atoms with van der Waals surface area (Å²) in [5.74, 6) is 0.0388. The van der Waals surface area contributed by atoms with Gasteiger partial charge in [-0.15, -0.1) is 0 Å². The molecule has 0 aromatic heterocycles. The van der Waals surface area contributed by atoms with Gasteiger partial charge in [0.15, 0.2) is 9.84 Å². The summed E-state index contributed by atoms with van der Waals surface area (Å²) in [6, 6.07) is 4.87. The van der Waals surface area contributed by atoms with Crippen LogP contribution in [0.25, 0.3) is 0 Å². The molecule has 0 radical (unpaired) electrons. The fourth-order valence-corrected chi connectivity index (χ4v) is 2.92. The highest BCUT2D eigenvalue weighted by Gasteiger charge is 2.28. The van der Waals surface area contributed by atoms with Gasteiger partial charge in [0.2, 0.25) is 5.91 Å². The number of carbonyl (C=O) groups is 1. The van der Waals surface area contributed by atoms with E-state index in [1.54, 1.807) is 24.9 Å². The predicted molar refractivity (Wildman–Crippen MR) is 74.8 cm³/mol. The van der Waals surface area contributed by atoms with Crippen molar-refractivity contribution in [3.8, 4) is 0 Å². The summed E-state index contributed by atoms with van der Waals surface area (Å²) < 4.78 is 23.1. The van der Waals surface area contributed by atoms with Crippen molar-refractivity contribution >= 4 is 21.4 Å². The van der Waals surface area contributed by atoms with Crippen molar-refractivity contribution in [3.63, 3.8) is 0 Å². The summed E-state index contributed by atoms with van der Waals surface area (Å²) in [6.45, 7) is 1.60. The Morgan fingerprint density at radius 1 is 1.37 bits per heavy atom. The molecule has 2 atom stereocenters. The number of rotatable bonds is 3. The molecule has 0 saturated carbocycles. The molecule has 0 aliphatic carbocycles. The monoisotopic (exact) mass is 282 g/mol. The zero-order valence-corrected chi connectivity index (χ0v) is 12.1. The molecule has 0 fully saturated rings. The lowest BCUT2D eigenvalue weighted by atomic mass is 10.0. The largest absolute Gasteiger partial charge is 0.323 e. The Morgan fingerprint density at radius 2 is 2.00 bits per heavy atom. The molecular formula is C13H18N2O3S. The average Bonchev–Trinajstić information content (AvgIpc) is 2.61. The molecule has 0 bridgehead atoms. The predicted octanol–water partition coefficient (Wildman–Crippen LogP) is 0.638. The van der Waals surface area contributed by atoms with Crippen LogP contribution < -0.4 is 10.6 Å². The van der Waals surface area contributed by atoms with Crippen molar-refractivity contribution in [2.45, 2.75) is 24.6 Å². The first kappa shape index (κ1) is 14.0. The van der Waals surface area contributed by atoms with Crippen LogP contribution in [0.1, 0.15) is 24.1 Å². The van der Waals surface area contributed by atoms with Gasteiger partial charge < -0.3 is 10.6 Å². The number of hydrogen-bond acceptors (Lipinski definition) is 4. The van der Waals surface area contributed by atoms with E-state index in [1.807, 2.05) is 12.1 Å². The maximum atomic E-state index is 11.6. The summed E-state index contributed by atoms with van der Waals surface area (Å²) in [5.41, 5.74) is 8.53. The summed E-state index contributed by atoms with van der Waals surface area (Å²) in [6.07, 6.45) is 1.53. The van der Waals surface area contributed by atoms with Gasteiger partial charge in [-0.3, -0.25) is 4.79 Å². The first-order valence-corrected chi connectivity index (χ1v) is 8.01. The SMILES string of the molecule is CC(C(N)c1ccc2c(c1)CC(=O)N2C)S(C)(=O)=O. The molecule has 1 heterocycles. The highest BCUT2D eigenvalue weighted by atomic mass is 32.2. The number of nitrogens with zero attached hydrogens (tertiary/aromatic N) is 1. The lowest BCUT2D eigenvalue weighted by molar-refractivity contribution is -0.117. The van der Waals surface area contributed by atoms with E-state index in [0.29, 0.717) is 6.42 Å². The molecule has 1 amide bonds. The maximum Gasteiger partial charge on any atom is 0.231 e. The van der Waals surface area contributed by atoms with E-state index < -0.39 is 21.1 Å². The highest BCUT2D eigenvalue weighted by molar-refractivity contribution is 7.91. The van der Waals surface area contributed by atoms with Crippen LogP contribution in [0, 0.1) is 0 Å². The van der Waals surface area contributed by atoms with E-state index in [2.05, 4.69) is 0 Å². The standard InChI is InChI=1S/C13H18N2O3S/c1-8(19(3,17)18)13(14)9-4-5-11-10(6-9)7-12(16)15(11)2/h4-6,8,13H,7,14H2,1-3H3. The van der Waals surface area contributed by atoms with Crippen molar-refractivity contribution in [2.75, 3.05) is 18.2 Å². The zero-order chi connectivity index (χ0) is 14.4. The molecule has 19 heavy (non-hydrogen) atoms. The number of anilines is 1. The van der Waals surface area contributed by atoms with E-state index in [1.165, 1.54) is 6.26 Å². The minimum atomic E-state index is -3.19. The molecule has 5 nitrogen and oxygen atoms in total. The third kappa shape index (κ3) is 2.50. The van der Waals surface area contributed by atoms with Gasteiger partial charge >= 0.3 is 0 Å². The number of carbonyl (C=O) groups excluding carboxylic acids is 1. The van der Waals surface area contributed by atoms with Gasteiger partial charge in [0.1, 0.15) is 0 Å². The minimum Gasteiger partial charge on any atom is -0.323 e. The highest BCUT2D eigenvalue weighted by Crippen LogP contribution is 2.31. The van der Waals surface area contributed by atoms with E-state index in [0.717, 1.165) is 16.8 Å². The van der Waals surface area contributed by atoms with Crippen molar-refractivity contribution in [3.05, 3.63) is 29.3 Å². The molecule has 6 heteroatoms. The number of sulfone groups is 1. The molecule has 2 N–H and O–H groups in total. The number of nitrogens with two attached hydrogens (primary N) is 1. The smallest absolute Gasteiger partial charge is 0.231 e. The molecule has 0 spiro atoms. The summed E-state index contributed by atoms with van der Waals surface area (Å²) in [4.78, 5) is 13.2. The number of benzene rings is 1. The van der Waals surface area contributed by atoms with Gasteiger partial charge in [-0.05, 0) is 24.1 Å². The zero-order valence-electron chi connectivity index (χ0n) is 11.3. The Hall–Kier alpha value is -1.40. The fraction of sp³-hybridized carbons (Fsp3) is 0.462. The second-order valence-electron chi connectivity index (χ2n) is 5.08. The fourth-order valence-electron chi connectivity index (χ4n) is 2.23. The van der Waals surface area contributed by atoms with Gasteiger partial charge in [-0.2, -0.15) is 0 Å². The number of likely N-dealkylation sites (N-methyl/N-ethyl adjacent to an activating group) is 1. The van der Waals surface area contributed by atoms with E-state index in [-0.39, 0.29) is 5.91 Å². The molecule has 1 aliphatic heterocycles. The van der Waals surface area contributed by atoms with Crippen LogP contribution in [0.15, 0.2) is 18.2 Å². The molecule has 2 rings (SSSR count). The summed E-state index contributed by atoms with van der Waals surface area (Å²) in [7, 11) is -1.46. The molecular weight excluding hydrogens is 264 g/mol. The second kappa shape index (κ2) is 4.61. The van der Waals surface area contributed by atoms with Crippen molar-refractivity contribution in [1.29, 1.82) is 0 Å². The Balaban J connectivity index is 2.34. The molecule has 2 unspecified atom stereocenters. The van der Waals surface area contributed by atoms with E-state index in [4.69, 9.17) is 5.73 Å². The molecule has 1 aromatic carbocycles. The lowest BCUT2D eigenvalue weighted by Gasteiger charge is -2.19. The Bertz CT molecular complexity index is 625. The first-order chi connectivity index (χ1) is 8.71. The van der Waals surface area contributed by atoms with Crippen LogP contribution in [0.2, 0.25) is 0 Å². The number of hydrogen-bond donors (Lipinski definition) is 1. The van der Waals surface area contributed by atoms with Crippen molar-refractivity contribution < 1.29 is 13.2 Å². The van der Waals surface area contributed by atoms with Gasteiger partial charge in [-0.25, -0.2) is 8.42 Å². The normalized spacial score (nSPS) is 18.3. The van der Waals surface area contributed by atoms with E-state index in [9.17, 15) is 13.2 Å². The second-order valence-corrected chi connectivity index (χ2v) is 7.48. The van der Waals surface area contributed by atoms with Crippen LogP contribution in [0.4, 0.5) is 5.69 Å². The third-order valence-electron chi connectivity index (χ3n) is 3.75. The van der Waals surface area contributed by atoms with Crippen molar-refractivity contribution in [1.82, 2.24) is 0 Å². The van der Waals surface area contributed by atoms with Crippen molar-refractivity contribution in [2.24, 2.45) is 5.73 Å². The van der Waals surface area contributed by atoms with Crippen LogP contribution >= 0.6 is 0 Å². The van der Waals surface area contributed by atoms with Crippen LogP contribution in [0.3, 0.4) is 0 Å². The average molecular weight is 282 g/mol. The van der Waals surface area contributed by atoms with Crippen LogP contribution in [-0.4, -0.2) is 32.9 Å². The van der Waals surface area contributed by atoms with Crippen LogP contribution in [-0.2, 0) is 21.1 Å².